The molecule has 0 aliphatic heterocycles. The van der Waals surface area contributed by atoms with Crippen molar-refractivity contribution in [2.24, 2.45) is 17.3 Å². The Morgan fingerprint density at radius 1 is 0.870 bits per heavy atom. The minimum Gasteiger partial charge on any atom is -0.481 e. The Kier molecular flexibility index (Phi) is 14.2. The van der Waals surface area contributed by atoms with Crippen LogP contribution < -0.4 is 0 Å². The predicted molar refractivity (Wildman–Crippen MR) is 97.5 cm³/mol. The van der Waals surface area contributed by atoms with Crippen molar-refractivity contribution < 1.29 is 19.8 Å². The molecule has 4 nitrogen and oxygen atoms in total. The molecule has 0 saturated heterocycles. The normalized spacial score (nSPS) is 12.7. The van der Waals surface area contributed by atoms with Crippen molar-refractivity contribution in [2.75, 3.05) is 0 Å². The molecule has 0 aliphatic rings. The minimum atomic E-state index is -1.28. The molecule has 1 unspecified atom stereocenters. The number of carbonyl (C=O) groups is 2. The fourth-order valence-electron chi connectivity index (χ4n) is 2.84. The van der Waals surface area contributed by atoms with Gasteiger partial charge in [0, 0.05) is 0 Å². The lowest BCUT2D eigenvalue weighted by atomic mass is 9.73. The summed E-state index contributed by atoms with van der Waals surface area (Å²) in [5.74, 6) is -3.60. The lowest BCUT2D eigenvalue weighted by molar-refractivity contribution is -0.155. The molecule has 0 saturated carbocycles. The van der Waals surface area contributed by atoms with E-state index in [0.717, 1.165) is 19.3 Å². The predicted octanol–water partition coefficient (Wildman–Crippen LogP) is 4.05. The van der Waals surface area contributed by atoms with Crippen LogP contribution in [0.15, 0.2) is 0 Å². The summed E-state index contributed by atoms with van der Waals surface area (Å²) in [5.41, 5.74) is -0.0641. The molecule has 0 heterocycles. The molecule has 0 amide bonds. The second-order valence-corrected chi connectivity index (χ2v) is 7.44. The van der Waals surface area contributed by atoms with E-state index in [4.69, 9.17) is 10.2 Å². The minimum absolute atomic E-state index is 0. The van der Waals surface area contributed by atoms with E-state index in [-0.39, 0.29) is 40.8 Å². The van der Waals surface area contributed by atoms with E-state index in [0.29, 0.717) is 0 Å². The summed E-state index contributed by atoms with van der Waals surface area (Å²) in [4.78, 5) is 22.2. The van der Waals surface area contributed by atoms with Gasteiger partial charge in [-0.05, 0) is 24.2 Å². The first-order valence-corrected chi connectivity index (χ1v) is 8.65. The topological polar surface area (TPSA) is 74.6 Å². The highest BCUT2D eigenvalue weighted by molar-refractivity contribution is 5.92. The summed E-state index contributed by atoms with van der Waals surface area (Å²) in [5, 5.41) is 18.1. The van der Waals surface area contributed by atoms with Gasteiger partial charge in [-0.3, -0.25) is 9.59 Å². The maximum atomic E-state index is 11.1. The van der Waals surface area contributed by atoms with Gasteiger partial charge in [-0.1, -0.05) is 72.6 Å². The number of unbranched alkanes of at least 4 members (excludes halogenated alkanes) is 6. The molecule has 0 radical (unpaired) electrons. The van der Waals surface area contributed by atoms with Crippen LogP contribution in [0.25, 0.3) is 0 Å². The van der Waals surface area contributed by atoms with Crippen LogP contribution >= 0.6 is 0 Å². The van der Waals surface area contributed by atoms with Crippen molar-refractivity contribution in [3.63, 3.8) is 0 Å². The Bertz CT molecular complexity index is 322. The van der Waals surface area contributed by atoms with E-state index in [2.05, 4.69) is 27.7 Å². The van der Waals surface area contributed by atoms with Crippen LogP contribution in [0.4, 0.5) is 0 Å². The van der Waals surface area contributed by atoms with Crippen LogP contribution in [0.5, 0.6) is 0 Å². The number of hydrogen-bond donors (Lipinski definition) is 2. The zero-order chi connectivity index (χ0) is 17.2. The Morgan fingerprint density at radius 2 is 1.30 bits per heavy atom. The number of carboxylic acids is 2. The third-order valence-corrected chi connectivity index (χ3v) is 4.50. The van der Waals surface area contributed by atoms with Gasteiger partial charge in [-0.25, -0.2) is 0 Å². The van der Waals surface area contributed by atoms with Crippen molar-refractivity contribution >= 4 is 35.0 Å². The van der Waals surface area contributed by atoms with Gasteiger partial charge in [0.05, 0.1) is 0 Å². The molecule has 0 bridgehead atoms. The average molecular weight is 341 g/mol. The molecule has 0 rings (SSSR count). The molecular formula is C18H36MgO4. The smallest absolute Gasteiger partial charge is 0.317 e. The van der Waals surface area contributed by atoms with E-state index in [1.165, 1.54) is 32.1 Å². The maximum absolute atomic E-state index is 11.1. The molecule has 0 spiro atoms. The van der Waals surface area contributed by atoms with Crippen LogP contribution in [-0.4, -0.2) is 45.2 Å². The summed E-state index contributed by atoms with van der Waals surface area (Å²) < 4.78 is 0. The fraction of sp³-hybridized carbons (Fsp3) is 0.889. The summed E-state index contributed by atoms with van der Waals surface area (Å²) in [6, 6.07) is 0. The molecule has 0 aromatic heterocycles. The van der Waals surface area contributed by atoms with Gasteiger partial charge in [0.15, 0.2) is 5.92 Å². The maximum Gasteiger partial charge on any atom is 0.317 e. The van der Waals surface area contributed by atoms with E-state index in [9.17, 15) is 9.59 Å². The summed E-state index contributed by atoms with van der Waals surface area (Å²) in [6.45, 7) is 8.41. The first kappa shape index (κ1) is 25.0. The van der Waals surface area contributed by atoms with Gasteiger partial charge in [0.25, 0.3) is 0 Å². The monoisotopic (exact) mass is 340 g/mol. The lowest BCUT2D eigenvalue weighted by Gasteiger charge is -2.32. The van der Waals surface area contributed by atoms with Crippen LogP contribution in [0.2, 0.25) is 0 Å². The van der Waals surface area contributed by atoms with Gasteiger partial charge in [-0.15, -0.1) is 0 Å². The second kappa shape index (κ2) is 13.0. The van der Waals surface area contributed by atoms with E-state index in [1.54, 1.807) is 0 Å². The number of hydrogen-bond acceptors (Lipinski definition) is 2. The Balaban J connectivity index is 0. The third-order valence-electron chi connectivity index (χ3n) is 4.50. The first-order chi connectivity index (χ1) is 10.2. The van der Waals surface area contributed by atoms with Gasteiger partial charge < -0.3 is 10.2 Å². The number of rotatable bonds is 12. The van der Waals surface area contributed by atoms with Crippen molar-refractivity contribution in [3.8, 4) is 0 Å². The Labute approximate surface area is 157 Å². The Morgan fingerprint density at radius 3 is 1.70 bits per heavy atom. The van der Waals surface area contributed by atoms with Crippen molar-refractivity contribution in [1.29, 1.82) is 0 Å². The van der Waals surface area contributed by atoms with E-state index < -0.39 is 17.9 Å². The zero-order valence-corrected chi connectivity index (χ0v) is 14.7. The molecule has 0 aromatic carbocycles. The van der Waals surface area contributed by atoms with Gasteiger partial charge >= 0.3 is 35.0 Å². The number of aliphatic carboxylic acids is 2. The SMILES string of the molecule is CCCCCCCCCC(CC(C(=O)O)C(=O)O)C(C)(C)C.[MgH2]. The van der Waals surface area contributed by atoms with Crippen LogP contribution in [0, 0.1) is 17.3 Å². The van der Waals surface area contributed by atoms with Crippen LogP contribution in [-0.2, 0) is 9.59 Å². The summed E-state index contributed by atoms with van der Waals surface area (Å²) in [7, 11) is 0. The highest BCUT2D eigenvalue weighted by Gasteiger charge is 2.33. The van der Waals surface area contributed by atoms with Gasteiger partial charge in [0.2, 0.25) is 0 Å². The molecule has 5 heteroatoms. The molecule has 2 N–H and O–H groups in total. The molecule has 0 aromatic rings. The fourth-order valence-corrected chi connectivity index (χ4v) is 2.84. The molecule has 1 atom stereocenters. The van der Waals surface area contributed by atoms with Gasteiger partial charge in [-0.2, -0.15) is 0 Å². The summed E-state index contributed by atoms with van der Waals surface area (Å²) >= 11 is 0. The quantitative estimate of drug-likeness (QED) is 0.319. The molecule has 0 fully saturated rings. The third kappa shape index (κ3) is 11.8. The van der Waals surface area contributed by atoms with E-state index >= 15 is 0 Å². The van der Waals surface area contributed by atoms with Crippen molar-refractivity contribution in [1.82, 2.24) is 0 Å². The lowest BCUT2D eigenvalue weighted by Crippen LogP contribution is -2.31. The van der Waals surface area contributed by atoms with Crippen LogP contribution in [0.3, 0.4) is 0 Å². The average Bonchev–Trinajstić information content (AvgIpc) is 2.38. The molecule has 0 aliphatic carbocycles. The second-order valence-electron chi connectivity index (χ2n) is 7.44. The zero-order valence-electron chi connectivity index (χ0n) is 14.7. The standard InChI is InChI=1S/C18H34O4.Mg.2H/c1-5-6-7-8-9-10-11-12-14(18(2,3)4)13-15(16(19)20)17(21)22;;;/h14-15H,5-13H2,1-4H3,(H,19,20)(H,21,22);;;. The van der Waals surface area contributed by atoms with Crippen molar-refractivity contribution in [3.05, 3.63) is 0 Å². The first-order valence-electron chi connectivity index (χ1n) is 8.65. The summed E-state index contributed by atoms with van der Waals surface area (Å²) in [6.07, 6.45) is 9.67. The van der Waals surface area contributed by atoms with Crippen LogP contribution in [0.1, 0.15) is 85.5 Å². The largest absolute Gasteiger partial charge is 0.481 e. The Hall–Kier alpha value is -0.294. The highest BCUT2D eigenvalue weighted by Crippen LogP contribution is 2.35. The van der Waals surface area contributed by atoms with Crippen molar-refractivity contribution in [2.45, 2.75) is 85.5 Å². The molecule has 23 heavy (non-hydrogen) atoms. The number of carboxylic acid groups (broad SMARTS) is 2. The molecular weight excluding hydrogens is 304 g/mol. The molecule has 134 valence electrons. The van der Waals surface area contributed by atoms with Gasteiger partial charge in [0.1, 0.15) is 0 Å². The highest BCUT2D eigenvalue weighted by atomic mass is 24.3. The van der Waals surface area contributed by atoms with E-state index in [1.807, 2.05) is 0 Å².